The molecule has 2 heterocycles. The summed E-state index contributed by atoms with van der Waals surface area (Å²) in [5, 5.41) is 5.35. The standard InChI is InChI=1S/C17H17N3O3/c1-3-11-6-4-7-12(10-11)19-15(21)17(2)16(22)20-14-13(23-17)8-5-9-18-14/h4-10H,3H2,1-2H3,(H,19,21)(H,18,20,22)/t17-/m1/s1. The molecule has 6 nitrogen and oxygen atoms in total. The molecule has 1 atom stereocenters. The van der Waals surface area contributed by atoms with Crippen molar-refractivity contribution in [2.75, 3.05) is 10.6 Å². The van der Waals surface area contributed by atoms with Gasteiger partial charge < -0.3 is 15.4 Å². The molecule has 0 saturated carbocycles. The van der Waals surface area contributed by atoms with E-state index in [0.29, 0.717) is 17.3 Å². The number of hydrogen-bond acceptors (Lipinski definition) is 4. The number of carbonyl (C=O) groups excluding carboxylic acids is 2. The molecule has 1 aliphatic rings. The Hall–Kier alpha value is -2.89. The van der Waals surface area contributed by atoms with E-state index in [-0.39, 0.29) is 0 Å². The van der Waals surface area contributed by atoms with Crippen LogP contribution in [0.2, 0.25) is 0 Å². The van der Waals surface area contributed by atoms with E-state index in [1.807, 2.05) is 25.1 Å². The molecule has 1 aromatic carbocycles. The summed E-state index contributed by atoms with van der Waals surface area (Å²) in [4.78, 5) is 28.9. The van der Waals surface area contributed by atoms with E-state index >= 15 is 0 Å². The molecule has 0 fully saturated rings. The highest BCUT2D eigenvalue weighted by Crippen LogP contribution is 2.32. The highest BCUT2D eigenvalue weighted by molar-refractivity contribution is 6.18. The normalized spacial score (nSPS) is 19.3. The second-order valence-corrected chi connectivity index (χ2v) is 5.45. The maximum atomic E-state index is 12.6. The smallest absolute Gasteiger partial charge is 0.279 e. The van der Waals surface area contributed by atoms with Crippen molar-refractivity contribution in [2.45, 2.75) is 25.9 Å². The van der Waals surface area contributed by atoms with Crippen molar-refractivity contribution >= 4 is 23.3 Å². The second-order valence-electron chi connectivity index (χ2n) is 5.45. The van der Waals surface area contributed by atoms with Crippen LogP contribution in [0.15, 0.2) is 42.6 Å². The maximum absolute atomic E-state index is 12.6. The third kappa shape index (κ3) is 2.75. The molecule has 2 amide bonds. The first-order valence-electron chi connectivity index (χ1n) is 7.39. The van der Waals surface area contributed by atoms with Crippen molar-refractivity contribution in [3.63, 3.8) is 0 Å². The Morgan fingerprint density at radius 2 is 2.17 bits per heavy atom. The Morgan fingerprint density at radius 3 is 2.96 bits per heavy atom. The summed E-state index contributed by atoms with van der Waals surface area (Å²) >= 11 is 0. The van der Waals surface area contributed by atoms with Crippen LogP contribution in [0.1, 0.15) is 19.4 Å². The summed E-state index contributed by atoms with van der Waals surface area (Å²) in [5.74, 6) is -0.395. The molecule has 0 spiro atoms. The number of aromatic nitrogens is 1. The minimum atomic E-state index is -1.65. The molecular weight excluding hydrogens is 294 g/mol. The predicted octanol–water partition coefficient (Wildman–Crippen LogP) is 2.37. The summed E-state index contributed by atoms with van der Waals surface area (Å²) in [5.41, 5.74) is 0.0681. The van der Waals surface area contributed by atoms with Gasteiger partial charge in [-0.1, -0.05) is 19.1 Å². The fourth-order valence-corrected chi connectivity index (χ4v) is 2.33. The van der Waals surface area contributed by atoms with Gasteiger partial charge in [-0.3, -0.25) is 9.59 Å². The molecule has 0 unspecified atom stereocenters. The van der Waals surface area contributed by atoms with Gasteiger partial charge in [0.15, 0.2) is 11.6 Å². The topological polar surface area (TPSA) is 80.3 Å². The van der Waals surface area contributed by atoms with Gasteiger partial charge in [0, 0.05) is 11.9 Å². The van der Waals surface area contributed by atoms with Crippen molar-refractivity contribution in [2.24, 2.45) is 0 Å². The third-order valence-corrected chi connectivity index (χ3v) is 3.78. The molecule has 118 valence electrons. The lowest BCUT2D eigenvalue weighted by atomic mass is 10.0. The van der Waals surface area contributed by atoms with Crippen molar-refractivity contribution < 1.29 is 14.3 Å². The summed E-state index contributed by atoms with van der Waals surface area (Å²) in [7, 11) is 0. The molecular formula is C17H17N3O3. The third-order valence-electron chi connectivity index (χ3n) is 3.78. The van der Waals surface area contributed by atoms with Gasteiger partial charge >= 0.3 is 0 Å². The number of nitrogens with one attached hydrogen (secondary N) is 2. The Morgan fingerprint density at radius 1 is 1.35 bits per heavy atom. The molecule has 23 heavy (non-hydrogen) atoms. The molecule has 2 N–H and O–H groups in total. The Bertz CT molecular complexity index is 775. The first-order valence-corrected chi connectivity index (χ1v) is 7.39. The monoisotopic (exact) mass is 311 g/mol. The van der Waals surface area contributed by atoms with Crippen LogP contribution in [0.25, 0.3) is 0 Å². The number of ether oxygens (including phenoxy) is 1. The van der Waals surface area contributed by atoms with E-state index in [4.69, 9.17) is 4.74 Å². The number of pyridine rings is 1. The zero-order chi connectivity index (χ0) is 16.4. The van der Waals surface area contributed by atoms with Gasteiger partial charge in [0.25, 0.3) is 17.4 Å². The number of aryl methyl sites for hydroxylation is 1. The van der Waals surface area contributed by atoms with Crippen LogP contribution in [0.3, 0.4) is 0 Å². The average Bonchev–Trinajstić information content (AvgIpc) is 2.56. The van der Waals surface area contributed by atoms with Gasteiger partial charge in [-0.2, -0.15) is 0 Å². The van der Waals surface area contributed by atoms with Gasteiger partial charge in [0.1, 0.15) is 0 Å². The summed E-state index contributed by atoms with van der Waals surface area (Å²) in [6.45, 7) is 3.47. The van der Waals surface area contributed by atoms with Crippen molar-refractivity contribution in [1.29, 1.82) is 0 Å². The van der Waals surface area contributed by atoms with Crippen LogP contribution < -0.4 is 15.4 Å². The predicted molar refractivity (Wildman–Crippen MR) is 86.3 cm³/mol. The van der Waals surface area contributed by atoms with Gasteiger partial charge in [0.05, 0.1) is 0 Å². The van der Waals surface area contributed by atoms with E-state index in [2.05, 4.69) is 15.6 Å². The zero-order valence-electron chi connectivity index (χ0n) is 12.9. The lowest BCUT2D eigenvalue weighted by Crippen LogP contribution is -2.56. The van der Waals surface area contributed by atoms with E-state index in [0.717, 1.165) is 12.0 Å². The second kappa shape index (κ2) is 5.72. The SMILES string of the molecule is CCc1cccc(NC(=O)[C@@]2(C)Oc3cccnc3NC2=O)c1. The molecule has 0 radical (unpaired) electrons. The first-order chi connectivity index (χ1) is 11.0. The van der Waals surface area contributed by atoms with E-state index in [9.17, 15) is 9.59 Å². The van der Waals surface area contributed by atoms with E-state index in [1.54, 1.807) is 24.4 Å². The van der Waals surface area contributed by atoms with E-state index in [1.165, 1.54) is 6.92 Å². The van der Waals surface area contributed by atoms with Gasteiger partial charge in [-0.05, 0) is 43.2 Å². The molecule has 1 aromatic heterocycles. The largest absolute Gasteiger partial charge is 0.464 e. The highest BCUT2D eigenvalue weighted by atomic mass is 16.5. The minimum Gasteiger partial charge on any atom is -0.464 e. The summed E-state index contributed by atoms with van der Waals surface area (Å²) in [6, 6.07) is 10.8. The number of amides is 2. The number of rotatable bonds is 3. The van der Waals surface area contributed by atoms with Crippen LogP contribution in [-0.2, 0) is 16.0 Å². The number of anilines is 2. The number of hydrogen-bond donors (Lipinski definition) is 2. The van der Waals surface area contributed by atoms with Crippen molar-refractivity contribution in [3.8, 4) is 5.75 Å². The van der Waals surface area contributed by atoms with Gasteiger partial charge in [0.2, 0.25) is 0 Å². The number of fused-ring (bicyclic) bond motifs is 1. The Balaban J connectivity index is 1.85. The average molecular weight is 311 g/mol. The Kier molecular flexibility index (Phi) is 3.73. The molecule has 3 rings (SSSR count). The van der Waals surface area contributed by atoms with Crippen LogP contribution in [0, 0.1) is 0 Å². The summed E-state index contributed by atoms with van der Waals surface area (Å²) in [6.07, 6.45) is 2.40. The molecule has 0 saturated heterocycles. The highest BCUT2D eigenvalue weighted by Gasteiger charge is 2.47. The summed E-state index contributed by atoms with van der Waals surface area (Å²) < 4.78 is 5.64. The quantitative estimate of drug-likeness (QED) is 0.853. The zero-order valence-corrected chi connectivity index (χ0v) is 12.9. The Labute approximate surface area is 133 Å². The number of carbonyl (C=O) groups is 2. The van der Waals surface area contributed by atoms with Gasteiger partial charge in [-0.15, -0.1) is 0 Å². The molecule has 0 bridgehead atoms. The fourth-order valence-electron chi connectivity index (χ4n) is 2.33. The molecule has 1 aliphatic heterocycles. The van der Waals surface area contributed by atoms with Crippen molar-refractivity contribution in [1.82, 2.24) is 4.98 Å². The van der Waals surface area contributed by atoms with Crippen molar-refractivity contribution in [3.05, 3.63) is 48.2 Å². The van der Waals surface area contributed by atoms with E-state index < -0.39 is 17.4 Å². The fraction of sp³-hybridized carbons (Fsp3) is 0.235. The van der Waals surface area contributed by atoms with Crippen LogP contribution >= 0.6 is 0 Å². The lowest BCUT2D eigenvalue weighted by molar-refractivity contribution is -0.143. The maximum Gasteiger partial charge on any atom is 0.279 e. The molecule has 0 aliphatic carbocycles. The van der Waals surface area contributed by atoms with Crippen LogP contribution in [-0.4, -0.2) is 22.4 Å². The van der Waals surface area contributed by atoms with Crippen LogP contribution in [0.4, 0.5) is 11.5 Å². The van der Waals surface area contributed by atoms with Crippen LogP contribution in [0.5, 0.6) is 5.75 Å². The van der Waals surface area contributed by atoms with Gasteiger partial charge in [-0.25, -0.2) is 4.98 Å². The number of nitrogens with zero attached hydrogens (tertiary/aromatic N) is 1. The molecule has 6 heteroatoms. The first kappa shape index (κ1) is 15.0. The molecule has 2 aromatic rings. The lowest BCUT2D eigenvalue weighted by Gasteiger charge is -2.32. The number of benzene rings is 1. The minimum absolute atomic E-state index is 0.316.